The third-order valence-electron chi connectivity index (χ3n) is 3.57. The number of hydrogen-bond acceptors (Lipinski definition) is 3. The van der Waals surface area contributed by atoms with E-state index in [-0.39, 0.29) is 35.7 Å². The van der Waals surface area contributed by atoms with Gasteiger partial charge in [-0.05, 0) is 57.2 Å². The third kappa shape index (κ3) is 9.61. The van der Waals surface area contributed by atoms with E-state index in [1.165, 1.54) is 12.1 Å². The number of guanidine groups is 1. The Balaban J connectivity index is 0.00000625. The molecule has 0 radical (unpaired) electrons. The first-order chi connectivity index (χ1) is 11.9. The first-order valence-electron chi connectivity index (χ1n) is 8.50. The Hall–Kier alpha value is -1.03. The molecule has 1 aromatic rings. The smallest absolute Gasteiger partial charge is 0.227 e. The molecule has 0 aliphatic carbocycles. The minimum atomic E-state index is -0.508. The summed E-state index contributed by atoms with van der Waals surface area (Å²) in [4.78, 5) is 17.2. The molecule has 1 aromatic carbocycles. The highest BCUT2D eigenvalue weighted by Gasteiger charge is 2.27. The second kappa shape index (κ2) is 13.2. The molecule has 0 aliphatic rings. The second-order valence-electron chi connectivity index (χ2n) is 6.25. The van der Waals surface area contributed by atoms with Gasteiger partial charge >= 0.3 is 0 Å². The molecule has 0 aliphatic heterocycles. The average Bonchev–Trinajstić information content (AvgIpc) is 2.59. The molecule has 1 amide bonds. The van der Waals surface area contributed by atoms with Crippen LogP contribution in [-0.2, 0) is 4.79 Å². The van der Waals surface area contributed by atoms with Crippen LogP contribution in [0, 0.1) is 11.2 Å². The number of benzene rings is 1. The zero-order valence-electron chi connectivity index (χ0n) is 15.9. The van der Waals surface area contributed by atoms with Gasteiger partial charge in [0.05, 0.1) is 5.41 Å². The van der Waals surface area contributed by atoms with Gasteiger partial charge in [0.15, 0.2) is 5.96 Å². The van der Waals surface area contributed by atoms with Crippen molar-refractivity contribution in [1.82, 2.24) is 16.0 Å². The summed E-state index contributed by atoms with van der Waals surface area (Å²) in [6.45, 7) is 7.61. The highest BCUT2D eigenvalue weighted by atomic mass is 127. The maximum Gasteiger partial charge on any atom is 0.227 e. The van der Waals surface area contributed by atoms with Crippen LogP contribution in [0.3, 0.4) is 0 Å². The van der Waals surface area contributed by atoms with Crippen molar-refractivity contribution in [3.63, 3.8) is 0 Å². The largest absolute Gasteiger partial charge is 0.356 e. The number of aliphatic imine (C=N–C) groups is 1. The van der Waals surface area contributed by atoms with E-state index in [0.717, 1.165) is 23.6 Å². The topological polar surface area (TPSA) is 65.5 Å². The minimum absolute atomic E-state index is 0. The number of thioether (sulfide) groups is 1. The number of nitrogens with zero attached hydrogens (tertiary/aromatic N) is 1. The average molecular weight is 496 g/mol. The molecule has 1 rings (SSSR count). The molecule has 0 bridgehead atoms. The number of carbonyl (C=O) groups excluding carboxylic acids is 1. The predicted molar refractivity (Wildman–Crippen MR) is 119 cm³/mol. The van der Waals surface area contributed by atoms with Crippen LogP contribution in [0.5, 0.6) is 0 Å². The van der Waals surface area contributed by atoms with Gasteiger partial charge < -0.3 is 16.0 Å². The monoisotopic (exact) mass is 496 g/mol. The maximum absolute atomic E-state index is 12.8. The van der Waals surface area contributed by atoms with Gasteiger partial charge in [-0.25, -0.2) is 4.39 Å². The van der Waals surface area contributed by atoms with Crippen LogP contribution in [0.2, 0.25) is 0 Å². The van der Waals surface area contributed by atoms with Crippen LogP contribution in [0.25, 0.3) is 0 Å². The number of nitrogens with one attached hydrogen (secondary N) is 3. The summed E-state index contributed by atoms with van der Waals surface area (Å²) < 4.78 is 12.8. The fourth-order valence-electron chi connectivity index (χ4n) is 2.01. The molecule has 0 saturated heterocycles. The Bertz CT molecular complexity index is 567. The number of amides is 1. The number of rotatable bonds is 9. The molecule has 0 heterocycles. The standard InChI is InChI=1S/C18H29FN4OS.HI/c1-5-21-16(24)18(2,3)13-23-17(20-4)22-11-6-12-25-15-9-7-14(19)8-10-15;/h7-10H,5-6,11-13H2,1-4H3,(H,21,24)(H2,20,22,23);1H. The van der Waals surface area contributed by atoms with Crippen LogP contribution in [-0.4, -0.2) is 44.3 Å². The number of carbonyl (C=O) groups is 1. The SMILES string of the molecule is CCNC(=O)C(C)(C)CNC(=NC)NCCCSc1ccc(F)cc1.I. The normalized spacial score (nSPS) is 11.5. The van der Waals surface area contributed by atoms with Crippen molar-refractivity contribution in [2.45, 2.75) is 32.1 Å². The van der Waals surface area contributed by atoms with Crippen molar-refractivity contribution < 1.29 is 9.18 Å². The lowest BCUT2D eigenvalue weighted by Crippen LogP contribution is -2.48. The van der Waals surface area contributed by atoms with Crippen LogP contribution in [0.15, 0.2) is 34.2 Å². The molecule has 0 fully saturated rings. The number of hydrogen-bond donors (Lipinski definition) is 3. The highest BCUT2D eigenvalue weighted by Crippen LogP contribution is 2.18. The lowest BCUT2D eigenvalue weighted by atomic mass is 9.92. The Labute approximate surface area is 177 Å². The van der Waals surface area contributed by atoms with E-state index in [1.54, 1.807) is 30.9 Å². The summed E-state index contributed by atoms with van der Waals surface area (Å²) in [5.74, 6) is 1.43. The van der Waals surface area contributed by atoms with E-state index in [4.69, 9.17) is 0 Å². The molecular weight excluding hydrogens is 466 g/mol. The molecule has 0 atom stereocenters. The van der Waals surface area contributed by atoms with Crippen molar-refractivity contribution in [3.05, 3.63) is 30.1 Å². The predicted octanol–water partition coefficient (Wildman–Crippen LogP) is 3.25. The first kappa shape index (κ1) is 25.0. The van der Waals surface area contributed by atoms with Crippen molar-refractivity contribution in [2.24, 2.45) is 10.4 Å². The van der Waals surface area contributed by atoms with Gasteiger partial charge in [0.2, 0.25) is 5.91 Å². The van der Waals surface area contributed by atoms with Crippen molar-refractivity contribution in [2.75, 3.05) is 32.4 Å². The van der Waals surface area contributed by atoms with Gasteiger partial charge in [-0.15, -0.1) is 35.7 Å². The molecule has 8 heteroatoms. The molecule has 0 aromatic heterocycles. The van der Waals surface area contributed by atoms with Crippen molar-refractivity contribution in [3.8, 4) is 0 Å². The van der Waals surface area contributed by atoms with Crippen LogP contribution < -0.4 is 16.0 Å². The molecule has 5 nitrogen and oxygen atoms in total. The number of halogens is 2. The fraction of sp³-hybridized carbons (Fsp3) is 0.556. The van der Waals surface area contributed by atoms with E-state index in [1.807, 2.05) is 20.8 Å². The molecule has 26 heavy (non-hydrogen) atoms. The summed E-state index contributed by atoms with van der Waals surface area (Å²) in [5.41, 5.74) is -0.508. The highest BCUT2D eigenvalue weighted by molar-refractivity contribution is 14.0. The summed E-state index contributed by atoms with van der Waals surface area (Å²) in [7, 11) is 1.71. The van der Waals surface area contributed by atoms with Crippen molar-refractivity contribution in [1.29, 1.82) is 0 Å². The lowest BCUT2D eigenvalue weighted by molar-refractivity contribution is -0.128. The molecule has 3 N–H and O–H groups in total. The van der Waals surface area contributed by atoms with Gasteiger partial charge in [0, 0.05) is 31.6 Å². The third-order valence-corrected chi connectivity index (χ3v) is 4.67. The summed E-state index contributed by atoms with van der Waals surface area (Å²) >= 11 is 1.70. The van der Waals surface area contributed by atoms with E-state index >= 15 is 0 Å². The fourth-order valence-corrected chi connectivity index (χ4v) is 2.86. The molecule has 148 valence electrons. The van der Waals surface area contributed by atoms with Crippen LogP contribution in [0.1, 0.15) is 27.2 Å². The Morgan fingerprint density at radius 3 is 2.42 bits per heavy atom. The lowest BCUT2D eigenvalue weighted by Gasteiger charge is -2.24. The summed E-state index contributed by atoms with van der Waals surface area (Å²) in [5, 5.41) is 9.28. The van der Waals surface area contributed by atoms with Crippen LogP contribution in [0.4, 0.5) is 4.39 Å². The van der Waals surface area contributed by atoms with E-state index < -0.39 is 5.41 Å². The molecule has 0 saturated carbocycles. The van der Waals surface area contributed by atoms with E-state index in [9.17, 15) is 9.18 Å². The van der Waals surface area contributed by atoms with E-state index in [0.29, 0.717) is 19.0 Å². The molecule has 0 unspecified atom stereocenters. The van der Waals surface area contributed by atoms with Gasteiger partial charge in [-0.3, -0.25) is 9.79 Å². The van der Waals surface area contributed by atoms with Gasteiger partial charge in [-0.2, -0.15) is 0 Å². The van der Waals surface area contributed by atoms with Gasteiger partial charge in [0.1, 0.15) is 5.82 Å². The maximum atomic E-state index is 12.8. The Kier molecular flexibility index (Phi) is 12.7. The minimum Gasteiger partial charge on any atom is -0.356 e. The second-order valence-corrected chi connectivity index (χ2v) is 7.42. The quantitative estimate of drug-likeness (QED) is 0.162. The Morgan fingerprint density at radius 2 is 1.85 bits per heavy atom. The molecular formula is C18H30FIN4OS. The van der Waals surface area contributed by atoms with Gasteiger partial charge in [0.25, 0.3) is 0 Å². The first-order valence-corrected chi connectivity index (χ1v) is 9.49. The summed E-state index contributed by atoms with van der Waals surface area (Å²) in [6, 6.07) is 6.53. The zero-order chi connectivity index (χ0) is 18.7. The van der Waals surface area contributed by atoms with Gasteiger partial charge in [-0.1, -0.05) is 0 Å². The Morgan fingerprint density at radius 1 is 1.19 bits per heavy atom. The van der Waals surface area contributed by atoms with Crippen LogP contribution >= 0.6 is 35.7 Å². The summed E-state index contributed by atoms with van der Waals surface area (Å²) in [6.07, 6.45) is 0.947. The molecule has 0 spiro atoms. The van der Waals surface area contributed by atoms with Crippen molar-refractivity contribution >= 4 is 47.6 Å². The zero-order valence-corrected chi connectivity index (χ0v) is 19.0. The van der Waals surface area contributed by atoms with E-state index in [2.05, 4.69) is 20.9 Å².